The summed E-state index contributed by atoms with van der Waals surface area (Å²) in [7, 11) is 0.971. The van der Waals surface area contributed by atoms with Crippen LogP contribution in [0, 0.1) is 46.3 Å². The Hall–Kier alpha value is -3.59. The van der Waals surface area contributed by atoms with E-state index in [0.717, 1.165) is 14.0 Å². The molecule has 11 atom stereocenters. The van der Waals surface area contributed by atoms with Crippen LogP contribution < -0.4 is 0 Å². The molecule has 0 radical (unpaired) electrons. The molecule has 29 heteroatoms. The summed E-state index contributed by atoms with van der Waals surface area (Å²) in [5, 5.41) is 0. The lowest BCUT2D eigenvalue weighted by atomic mass is 9.43. The molecule has 0 aliphatic heterocycles. The van der Waals surface area contributed by atoms with Gasteiger partial charge >= 0.3 is 77.9 Å². The first kappa shape index (κ1) is 55.0. The van der Waals surface area contributed by atoms with Crippen molar-refractivity contribution in [1.29, 1.82) is 0 Å². The number of carbonyl (C=O) groups is 4. The van der Waals surface area contributed by atoms with Gasteiger partial charge in [0.25, 0.3) is 0 Å². The highest BCUT2D eigenvalue weighted by Gasteiger charge is 2.80. The maximum absolute atomic E-state index is 14.9. The van der Waals surface area contributed by atoms with E-state index in [-0.39, 0.29) is 19.3 Å². The van der Waals surface area contributed by atoms with Crippen molar-refractivity contribution in [3.8, 4) is 0 Å². The Balaban J connectivity index is 1.88. The van der Waals surface area contributed by atoms with E-state index in [1.165, 1.54) is 13.8 Å². The normalized spacial score (nSPS) is 32.0. The third-order valence-corrected chi connectivity index (χ3v) is 14.3. The van der Waals surface area contributed by atoms with Crippen LogP contribution in [0.1, 0.15) is 78.6 Å². The lowest BCUT2D eigenvalue weighted by Crippen LogP contribution is -2.65. The third-order valence-electron chi connectivity index (χ3n) is 14.3. The van der Waals surface area contributed by atoms with Gasteiger partial charge < -0.3 is 18.9 Å². The van der Waals surface area contributed by atoms with Crippen LogP contribution in [0.5, 0.6) is 0 Å². The molecule has 0 aromatic carbocycles. The first-order valence-electron chi connectivity index (χ1n) is 19.6. The summed E-state index contributed by atoms with van der Waals surface area (Å²) in [5.74, 6) is -61.0. The fraction of sp³-hybridized carbons (Fsp3) is 0.892. The smallest absolute Gasteiger partial charge is 0.460 e. The summed E-state index contributed by atoms with van der Waals surface area (Å²) in [4.78, 5) is 49.9. The molecule has 4 aliphatic carbocycles. The van der Waals surface area contributed by atoms with Crippen molar-refractivity contribution in [2.45, 2.75) is 151 Å². The molecule has 0 bridgehead atoms. The average Bonchev–Trinajstić information content (AvgIpc) is 3.53. The molecule has 66 heavy (non-hydrogen) atoms. The number of rotatable bonds is 13. The van der Waals surface area contributed by atoms with E-state index in [4.69, 9.17) is 9.47 Å². The molecule has 0 spiro atoms. The van der Waals surface area contributed by atoms with Gasteiger partial charge in [-0.3, -0.25) is 4.79 Å². The molecule has 382 valence electrons. The van der Waals surface area contributed by atoms with E-state index in [0.29, 0.717) is 0 Å². The minimum absolute atomic E-state index is 0.179. The standard InChI is InChI=1S/C37H39F21O8/c1-14(5-8-22(59)63-4)17-6-7-18-23-19(13-21(28(17,18)3)66-26(62)31(42,43)34(48,49)37(56,57)58)27(2)10-9-16(64-24(60)29(38,39)32(44,45)35(50,51)52)11-15(27)12-20(23)65-25(61)30(40,41)33(46,47)36(53,54)55/h14-21,23H,5-13H2,1-4H3/t14-,15?,16?,17-,18+,19+,20?,21?,23+,27+,28-/m1/s1. The van der Waals surface area contributed by atoms with Crippen molar-refractivity contribution in [2.75, 3.05) is 7.11 Å². The van der Waals surface area contributed by atoms with Gasteiger partial charge in [-0.1, -0.05) is 20.8 Å². The van der Waals surface area contributed by atoms with Gasteiger partial charge in [0.1, 0.15) is 18.3 Å². The summed E-state index contributed by atoms with van der Waals surface area (Å²) >= 11 is 0. The van der Waals surface area contributed by atoms with Crippen LogP contribution in [-0.4, -0.2) is 103 Å². The van der Waals surface area contributed by atoms with Gasteiger partial charge in [0, 0.05) is 17.8 Å². The van der Waals surface area contributed by atoms with Crippen LogP contribution in [0.3, 0.4) is 0 Å². The predicted octanol–water partition coefficient (Wildman–Crippen LogP) is 10.7. The van der Waals surface area contributed by atoms with E-state index in [2.05, 4.69) is 9.47 Å². The van der Waals surface area contributed by atoms with E-state index in [1.54, 1.807) is 0 Å². The molecule has 0 amide bonds. The van der Waals surface area contributed by atoms with Gasteiger partial charge in [-0.2, -0.15) is 92.2 Å². The number of halogens is 21. The average molecular weight is 1010 g/mol. The topological polar surface area (TPSA) is 105 Å². The second-order valence-corrected chi connectivity index (χ2v) is 17.7. The number of ether oxygens (including phenoxy) is 4. The number of methoxy groups -OCH3 is 1. The summed E-state index contributed by atoms with van der Waals surface area (Å²) in [6.45, 7) is 3.68. The Labute approximate surface area is 358 Å². The van der Waals surface area contributed by atoms with Gasteiger partial charge in [0.05, 0.1) is 7.11 Å². The van der Waals surface area contributed by atoms with Crippen molar-refractivity contribution in [1.82, 2.24) is 0 Å². The Morgan fingerprint density at radius 2 is 1.02 bits per heavy atom. The number of fused-ring (bicyclic) bond motifs is 5. The molecular weight excluding hydrogens is 971 g/mol. The zero-order valence-corrected chi connectivity index (χ0v) is 34.3. The molecule has 4 saturated carbocycles. The quantitative estimate of drug-likeness (QED) is 0.102. The van der Waals surface area contributed by atoms with Crippen LogP contribution >= 0.6 is 0 Å². The number of esters is 4. The van der Waals surface area contributed by atoms with E-state index in [1.807, 2.05) is 0 Å². The monoisotopic (exact) mass is 1010 g/mol. The minimum atomic E-state index is -7.15. The minimum Gasteiger partial charge on any atom is -0.469 e. The first-order chi connectivity index (χ1) is 29.4. The first-order valence-corrected chi connectivity index (χ1v) is 19.6. The fourth-order valence-electron chi connectivity index (χ4n) is 10.7. The molecule has 4 rings (SSSR count). The second-order valence-electron chi connectivity index (χ2n) is 17.7. The Morgan fingerprint density at radius 1 is 0.576 bits per heavy atom. The Morgan fingerprint density at radius 3 is 1.45 bits per heavy atom. The zero-order valence-electron chi connectivity index (χ0n) is 34.3. The molecular formula is C37H39F21O8. The van der Waals surface area contributed by atoms with E-state index < -0.39 is 181 Å². The maximum Gasteiger partial charge on any atom is 0.460 e. The molecule has 0 aromatic rings. The van der Waals surface area contributed by atoms with Crippen molar-refractivity contribution >= 4 is 23.9 Å². The highest BCUT2D eigenvalue weighted by Crippen LogP contribution is 2.70. The lowest BCUT2D eigenvalue weighted by Gasteiger charge is -2.64. The highest BCUT2D eigenvalue weighted by molar-refractivity contribution is 5.80. The second kappa shape index (κ2) is 17.1. The highest BCUT2D eigenvalue weighted by atomic mass is 19.4. The van der Waals surface area contributed by atoms with Gasteiger partial charge in [0.2, 0.25) is 0 Å². The maximum atomic E-state index is 14.9. The molecule has 0 N–H and O–H groups in total. The van der Waals surface area contributed by atoms with Gasteiger partial charge in [0.15, 0.2) is 0 Å². The summed E-state index contributed by atoms with van der Waals surface area (Å²) in [5.41, 5.74) is -3.77. The number of alkyl halides is 21. The molecule has 0 heterocycles. The predicted molar refractivity (Wildman–Crippen MR) is 174 cm³/mol. The van der Waals surface area contributed by atoms with Crippen LogP contribution in [0.25, 0.3) is 0 Å². The molecule has 8 nitrogen and oxygen atoms in total. The van der Waals surface area contributed by atoms with Gasteiger partial charge in [-0.15, -0.1) is 0 Å². The van der Waals surface area contributed by atoms with Crippen LogP contribution in [-0.2, 0) is 38.1 Å². The van der Waals surface area contributed by atoms with Crippen LogP contribution in [0.4, 0.5) is 92.2 Å². The zero-order chi connectivity index (χ0) is 51.2. The van der Waals surface area contributed by atoms with Gasteiger partial charge in [-0.25, -0.2) is 14.4 Å². The molecule has 4 unspecified atom stereocenters. The van der Waals surface area contributed by atoms with Crippen molar-refractivity contribution in [2.24, 2.45) is 46.3 Å². The number of carbonyl (C=O) groups excluding carboxylic acids is 4. The van der Waals surface area contributed by atoms with Crippen LogP contribution in [0.2, 0.25) is 0 Å². The third kappa shape index (κ3) is 8.72. The summed E-state index contributed by atoms with van der Waals surface area (Å²) in [6, 6.07) is 0. The Kier molecular flexibility index (Phi) is 14.3. The SMILES string of the molecule is COC(=O)CC[C@@H](C)[C@H]1CC[C@H]2[C@@H]3C(OC(=O)C(F)(F)C(F)(F)C(F)(F)F)CC4CC(OC(=O)C(F)(F)C(F)(F)C(F)(F)F)CC[C@]4(C)[C@H]3CC(OC(=O)C(F)(F)C(F)(F)C(F)(F)F)[C@]12C. The van der Waals surface area contributed by atoms with Crippen LogP contribution in [0.15, 0.2) is 0 Å². The van der Waals surface area contributed by atoms with Crippen molar-refractivity contribution < 1.29 is 130 Å². The molecule has 0 saturated heterocycles. The molecule has 4 aliphatic rings. The molecule has 4 fully saturated rings. The Bertz CT molecular complexity index is 1850. The number of hydrogen-bond donors (Lipinski definition) is 0. The van der Waals surface area contributed by atoms with E-state index in [9.17, 15) is 111 Å². The number of hydrogen-bond acceptors (Lipinski definition) is 8. The van der Waals surface area contributed by atoms with Crippen molar-refractivity contribution in [3.63, 3.8) is 0 Å². The molecule has 0 aromatic heterocycles. The lowest BCUT2D eigenvalue weighted by molar-refractivity contribution is -0.351. The van der Waals surface area contributed by atoms with Gasteiger partial charge in [-0.05, 0) is 86.4 Å². The fourth-order valence-corrected chi connectivity index (χ4v) is 10.7. The largest absolute Gasteiger partial charge is 0.469 e. The summed E-state index contributed by atoms with van der Waals surface area (Å²) < 4.78 is 308. The summed E-state index contributed by atoms with van der Waals surface area (Å²) in [6.07, 6.45) is -33.6. The van der Waals surface area contributed by atoms with E-state index >= 15 is 0 Å². The van der Waals surface area contributed by atoms with Crippen molar-refractivity contribution in [3.05, 3.63) is 0 Å².